The summed E-state index contributed by atoms with van der Waals surface area (Å²) in [5.41, 5.74) is 7.32. The number of nitro benzene ring substituents is 1. The zero-order chi connectivity index (χ0) is 14.8. The van der Waals surface area contributed by atoms with Crippen molar-refractivity contribution in [1.29, 1.82) is 0 Å². The Balaban J connectivity index is 2.38. The lowest BCUT2D eigenvalue weighted by molar-refractivity contribution is -0.384. The van der Waals surface area contributed by atoms with Crippen LogP contribution in [-0.2, 0) is 5.54 Å². The maximum atomic E-state index is 10.8. The zero-order valence-corrected chi connectivity index (χ0v) is 11.6. The van der Waals surface area contributed by atoms with Crippen molar-refractivity contribution in [2.45, 2.75) is 32.2 Å². The minimum atomic E-state index is -0.487. The lowest BCUT2D eigenvalue weighted by atomic mass is 9.93. The molecule has 0 fully saturated rings. The van der Waals surface area contributed by atoms with Gasteiger partial charge in [0.1, 0.15) is 5.82 Å². The van der Waals surface area contributed by atoms with Crippen LogP contribution >= 0.6 is 0 Å². The van der Waals surface area contributed by atoms with E-state index in [4.69, 9.17) is 5.73 Å². The minimum Gasteiger partial charge on any atom is -0.340 e. The van der Waals surface area contributed by atoms with Gasteiger partial charge in [-0.2, -0.15) is 0 Å². The molecule has 0 atom stereocenters. The maximum Gasteiger partial charge on any atom is 0.270 e. The zero-order valence-electron chi connectivity index (χ0n) is 11.6. The van der Waals surface area contributed by atoms with E-state index in [1.807, 2.05) is 13.8 Å². The van der Waals surface area contributed by atoms with Crippen LogP contribution in [0.15, 0.2) is 30.5 Å². The first-order chi connectivity index (χ1) is 9.50. The fourth-order valence-electron chi connectivity index (χ4n) is 2.09. The van der Waals surface area contributed by atoms with Crippen molar-refractivity contribution in [3.05, 3.63) is 46.4 Å². The lowest BCUT2D eigenvalue weighted by Crippen LogP contribution is -2.36. The van der Waals surface area contributed by atoms with E-state index in [9.17, 15) is 10.1 Å². The predicted octanol–water partition coefficient (Wildman–Crippen LogP) is 2.96. The first-order valence-corrected chi connectivity index (χ1v) is 6.59. The third-order valence-corrected chi connectivity index (χ3v) is 3.68. The number of nitro groups is 1. The first-order valence-electron chi connectivity index (χ1n) is 6.59. The number of benzene rings is 1. The van der Waals surface area contributed by atoms with E-state index in [2.05, 4.69) is 9.97 Å². The van der Waals surface area contributed by atoms with Crippen molar-refractivity contribution >= 4 is 5.69 Å². The molecule has 0 radical (unpaired) electrons. The van der Waals surface area contributed by atoms with Gasteiger partial charge >= 0.3 is 0 Å². The van der Waals surface area contributed by atoms with E-state index >= 15 is 0 Å². The summed E-state index contributed by atoms with van der Waals surface area (Å²) in [6.45, 7) is 4.03. The number of hydrogen-bond acceptors (Lipinski definition) is 4. The van der Waals surface area contributed by atoms with Crippen molar-refractivity contribution in [2.24, 2.45) is 5.73 Å². The van der Waals surface area contributed by atoms with Gasteiger partial charge in [-0.05, 0) is 12.8 Å². The molecule has 0 bridgehead atoms. The van der Waals surface area contributed by atoms with Crippen LogP contribution in [0.4, 0.5) is 5.69 Å². The summed E-state index contributed by atoms with van der Waals surface area (Å²) >= 11 is 0. The number of nitrogens with two attached hydrogens (primary N) is 1. The number of non-ortho nitro benzene ring substituents is 1. The highest BCUT2D eigenvalue weighted by Gasteiger charge is 2.26. The van der Waals surface area contributed by atoms with E-state index in [0.717, 1.165) is 24.1 Å². The molecule has 2 rings (SSSR count). The van der Waals surface area contributed by atoms with Gasteiger partial charge in [-0.3, -0.25) is 10.1 Å². The Morgan fingerprint density at radius 1 is 1.40 bits per heavy atom. The quantitative estimate of drug-likeness (QED) is 0.646. The van der Waals surface area contributed by atoms with Crippen molar-refractivity contribution in [3.8, 4) is 11.3 Å². The molecule has 0 saturated carbocycles. The summed E-state index contributed by atoms with van der Waals surface area (Å²) in [4.78, 5) is 17.9. The van der Waals surface area contributed by atoms with Gasteiger partial charge in [0.2, 0.25) is 0 Å². The van der Waals surface area contributed by atoms with Gasteiger partial charge in [-0.1, -0.05) is 26.0 Å². The van der Waals surface area contributed by atoms with Crippen molar-refractivity contribution in [1.82, 2.24) is 9.97 Å². The van der Waals surface area contributed by atoms with Gasteiger partial charge in [-0.25, -0.2) is 4.98 Å². The molecule has 0 amide bonds. The smallest absolute Gasteiger partial charge is 0.270 e. The summed E-state index contributed by atoms with van der Waals surface area (Å²) in [6, 6.07) is 6.45. The SMILES string of the molecule is CCC(N)(CC)c1ncc(-c2cccc([N+](=O)[O-])c2)[nH]1. The standard InChI is InChI=1S/C14H18N4O2/c1-3-14(15,4-2)13-16-9-12(17-13)10-6-5-7-11(8-10)18(19)20/h5-9H,3-4,15H2,1-2H3,(H,16,17). The Kier molecular flexibility index (Phi) is 3.85. The molecule has 106 valence electrons. The van der Waals surface area contributed by atoms with Crippen LogP contribution in [0.25, 0.3) is 11.3 Å². The number of H-pyrrole nitrogens is 1. The number of aromatic nitrogens is 2. The lowest BCUT2D eigenvalue weighted by Gasteiger charge is -2.23. The van der Waals surface area contributed by atoms with Crippen molar-refractivity contribution < 1.29 is 4.92 Å². The molecule has 0 aliphatic heterocycles. The van der Waals surface area contributed by atoms with Gasteiger partial charge in [0.15, 0.2) is 0 Å². The van der Waals surface area contributed by atoms with Crippen LogP contribution in [0, 0.1) is 10.1 Å². The molecule has 0 spiro atoms. The summed E-state index contributed by atoms with van der Waals surface area (Å²) in [7, 11) is 0. The molecular formula is C14H18N4O2. The highest BCUT2D eigenvalue weighted by Crippen LogP contribution is 2.27. The van der Waals surface area contributed by atoms with Gasteiger partial charge in [0.25, 0.3) is 5.69 Å². The second-order valence-electron chi connectivity index (χ2n) is 4.82. The minimum absolute atomic E-state index is 0.0589. The molecule has 1 heterocycles. The molecule has 1 aromatic heterocycles. The average Bonchev–Trinajstić information content (AvgIpc) is 2.97. The van der Waals surface area contributed by atoms with Crippen LogP contribution < -0.4 is 5.73 Å². The van der Waals surface area contributed by atoms with Gasteiger partial charge < -0.3 is 10.7 Å². The van der Waals surface area contributed by atoms with E-state index in [0.29, 0.717) is 5.82 Å². The number of nitrogens with zero attached hydrogens (tertiary/aromatic N) is 2. The Morgan fingerprint density at radius 2 is 2.10 bits per heavy atom. The summed E-state index contributed by atoms with van der Waals surface area (Å²) in [5.74, 6) is 0.712. The number of hydrogen-bond donors (Lipinski definition) is 2. The molecule has 2 aromatic rings. The van der Waals surface area contributed by atoms with E-state index in [1.54, 1.807) is 18.3 Å². The Labute approximate surface area is 117 Å². The maximum absolute atomic E-state index is 10.8. The fraction of sp³-hybridized carbons (Fsp3) is 0.357. The molecule has 1 aromatic carbocycles. The Hall–Kier alpha value is -2.21. The molecule has 20 heavy (non-hydrogen) atoms. The number of rotatable bonds is 5. The van der Waals surface area contributed by atoms with Crippen LogP contribution in [-0.4, -0.2) is 14.9 Å². The van der Waals surface area contributed by atoms with Gasteiger partial charge in [0, 0.05) is 17.7 Å². The molecule has 0 aliphatic carbocycles. The van der Waals surface area contributed by atoms with Crippen LogP contribution in [0.1, 0.15) is 32.5 Å². The molecule has 3 N–H and O–H groups in total. The van der Waals surface area contributed by atoms with Crippen LogP contribution in [0.2, 0.25) is 0 Å². The molecule has 0 unspecified atom stereocenters. The van der Waals surface area contributed by atoms with Gasteiger partial charge in [0.05, 0.1) is 22.4 Å². The first kappa shape index (κ1) is 14.2. The van der Waals surface area contributed by atoms with E-state index in [-0.39, 0.29) is 5.69 Å². The summed E-state index contributed by atoms with van der Waals surface area (Å²) in [5, 5.41) is 10.8. The Bertz CT molecular complexity index is 617. The van der Waals surface area contributed by atoms with E-state index in [1.165, 1.54) is 12.1 Å². The van der Waals surface area contributed by atoms with Crippen LogP contribution in [0.3, 0.4) is 0 Å². The number of imidazole rings is 1. The monoisotopic (exact) mass is 274 g/mol. The molecular weight excluding hydrogens is 256 g/mol. The summed E-state index contributed by atoms with van der Waals surface area (Å²) < 4.78 is 0. The summed E-state index contributed by atoms with van der Waals surface area (Å²) in [6.07, 6.45) is 3.21. The largest absolute Gasteiger partial charge is 0.340 e. The highest BCUT2D eigenvalue weighted by atomic mass is 16.6. The van der Waals surface area contributed by atoms with Crippen molar-refractivity contribution in [2.75, 3.05) is 0 Å². The molecule has 6 heteroatoms. The highest BCUT2D eigenvalue weighted by molar-refractivity contribution is 5.62. The topological polar surface area (TPSA) is 97.8 Å². The van der Waals surface area contributed by atoms with Gasteiger partial charge in [-0.15, -0.1) is 0 Å². The molecule has 6 nitrogen and oxygen atoms in total. The molecule has 0 saturated heterocycles. The van der Waals surface area contributed by atoms with E-state index < -0.39 is 10.5 Å². The number of aromatic amines is 1. The average molecular weight is 274 g/mol. The van der Waals surface area contributed by atoms with Crippen molar-refractivity contribution in [3.63, 3.8) is 0 Å². The fourth-order valence-corrected chi connectivity index (χ4v) is 2.09. The number of nitrogens with one attached hydrogen (secondary N) is 1. The predicted molar refractivity (Wildman–Crippen MR) is 77.1 cm³/mol. The third kappa shape index (κ3) is 2.55. The second kappa shape index (κ2) is 5.42. The third-order valence-electron chi connectivity index (χ3n) is 3.68. The molecule has 0 aliphatic rings. The normalized spacial score (nSPS) is 11.6. The van der Waals surface area contributed by atoms with Crippen LogP contribution in [0.5, 0.6) is 0 Å². The second-order valence-corrected chi connectivity index (χ2v) is 4.82. The Morgan fingerprint density at radius 3 is 2.70 bits per heavy atom.